The average Bonchev–Trinajstić information content (AvgIpc) is 2.29. The van der Waals surface area contributed by atoms with E-state index < -0.39 is 0 Å². The topological polar surface area (TPSA) is 25.4 Å². The largest absolute Gasteiger partial charge is 0.378 e. The summed E-state index contributed by atoms with van der Waals surface area (Å²) >= 11 is 2.35. The zero-order chi connectivity index (χ0) is 10.7. The number of aryl methyl sites for hydroxylation is 1. The van der Waals surface area contributed by atoms with Gasteiger partial charge in [-0.25, -0.2) is 4.98 Å². The van der Waals surface area contributed by atoms with Gasteiger partial charge in [-0.1, -0.05) is 22.6 Å². The first kappa shape index (κ1) is 11.1. The first-order valence-corrected chi connectivity index (χ1v) is 6.68. The number of ether oxygens (including phenoxy) is 1. The van der Waals surface area contributed by atoms with E-state index in [9.17, 15) is 0 Å². The van der Waals surface area contributed by atoms with Crippen molar-refractivity contribution in [2.45, 2.75) is 11.4 Å². The summed E-state index contributed by atoms with van der Waals surface area (Å²) in [4.78, 5) is 6.94. The minimum absolute atomic E-state index is 0.815. The predicted molar refractivity (Wildman–Crippen MR) is 69.7 cm³/mol. The van der Waals surface area contributed by atoms with Gasteiger partial charge >= 0.3 is 0 Å². The molecule has 3 nitrogen and oxygen atoms in total. The highest BCUT2D eigenvalue weighted by molar-refractivity contribution is 14.1. The van der Waals surface area contributed by atoms with Crippen LogP contribution in [0.15, 0.2) is 12.1 Å². The van der Waals surface area contributed by atoms with E-state index in [1.54, 1.807) is 0 Å². The zero-order valence-corrected chi connectivity index (χ0v) is 11.0. The second kappa shape index (κ2) is 5.12. The molecule has 2 rings (SSSR count). The molecule has 0 atom stereocenters. The zero-order valence-electron chi connectivity index (χ0n) is 8.87. The molecule has 1 saturated heterocycles. The highest BCUT2D eigenvalue weighted by atomic mass is 127. The molecule has 2 heterocycles. The summed E-state index contributed by atoms with van der Waals surface area (Å²) in [5.41, 5.74) is 2.45. The Morgan fingerprint density at radius 2 is 2.13 bits per heavy atom. The van der Waals surface area contributed by atoms with Crippen LogP contribution >= 0.6 is 22.6 Å². The van der Waals surface area contributed by atoms with E-state index in [2.05, 4.69) is 51.5 Å². The molecular formula is C11H15IN2O. The van der Waals surface area contributed by atoms with Crippen molar-refractivity contribution in [2.24, 2.45) is 0 Å². The standard InChI is InChI=1S/C11H15IN2O/c1-9-6-10(8-12)13-11(7-9)14-2-4-15-5-3-14/h6-7H,2-5,8H2,1H3. The van der Waals surface area contributed by atoms with Crippen LogP contribution in [0.4, 0.5) is 5.82 Å². The normalized spacial score (nSPS) is 16.8. The van der Waals surface area contributed by atoms with Crippen molar-refractivity contribution in [3.63, 3.8) is 0 Å². The molecule has 0 spiro atoms. The van der Waals surface area contributed by atoms with Gasteiger partial charge < -0.3 is 9.64 Å². The number of pyridine rings is 1. The van der Waals surface area contributed by atoms with Gasteiger partial charge in [0.2, 0.25) is 0 Å². The summed E-state index contributed by atoms with van der Waals surface area (Å²) in [6.07, 6.45) is 0. The lowest BCUT2D eigenvalue weighted by Crippen LogP contribution is -2.36. The molecule has 1 fully saturated rings. The van der Waals surface area contributed by atoms with E-state index in [4.69, 9.17) is 4.74 Å². The Kier molecular flexibility index (Phi) is 3.80. The van der Waals surface area contributed by atoms with Crippen LogP contribution in [0, 0.1) is 6.92 Å². The minimum atomic E-state index is 0.815. The fourth-order valence-corrected chi connectivity index (χ4v) is 2.13. The molecule has 82 valence electrons. The number of aromatic nitrogens is 1. The summed E-state index contributed by atoms with van der Waals surface area (Å²) in [7, 11) is 0. The summed E-state index contributed by atoms with van der Waals surface area (Å²) in [5, 5.41) is 0. The molecule has 0 bridgehead atoms. The van der Waals surface area contributed by atoms with E-state index in [-0.39, 0.29) is 0 Å². The van der Waals surface area contributed by atoms with Crippen LogP contribution in [0.1, 0.15) is 11.3 Å². The van der Waals surface area contributed by atoms with Gasteiger partial charge in [-0.3, -0.25) is 0 Å². The number of hydrogen-bond acceptors (Lipinski definition) is 3. The lowest BCUT2D eigenvalue weighted by atomic mass is 10.2. The highest BCUT2D eigenvalue weighted by Crippen LogP contribution is 2.17. The lowest BCUT2D eigenvalue weighted by Gasteiger charge is -2.28. The van der Waals surface area contributed by atoms with Crippen molar-refractivity contribution in [1.82, 2.24) is 4.98 Å². The fraction of sp³-hybridized carbons (Fsp3) is 0.545. The molecule has 0 aromatic carbocycles. The van der Waals surface area contributed by atoms with Crippen molar-refractivity contribution in [3.05, 3.63) is 23.4 Å². The van der Waals surface area contributed by atoms with Crippen LogP contribution in [-0.4, -0.2) is 31.3 Å². The molecule has 1 aromatic heterocycles. The first-order chi connectivity index (χ1) is 7.29. The van der Waals surface area contributed by atoms with Crippen LogP contribution in [-0.2, 0) is 9.16 Å². The number of hydrogen-bond donors (Lipinski definition) is 0. The van der Waals surface area contributed by atoms with Crippen molar-refractivity contribution in [2.75, 3.05) is 31.2 Å². The maximum absolute atomic E-state index is 5.34. The maximum Gasteiger partial charge on any atom is 0.129 e. The SMILES string of the molecule is Cc1cc(CI)nc(N2CCOCC2)c1. The van der Waals surface area contributed by atoms with Gasteiger partial charge in [-0.15, -0.1) is 0 Å². The van der Waals surface area contributed by atoms with E-state index in [0.717, 1.165) is 42.2 Å². The van der Waals surface area contributed by atoms with Crippen molar-refractivity contribution >= 4 is 28.4 Å². The van der Waals surface area contributed by atoms with Crippen LogP contribution < -0.4 is 4.90 Å². The molecule has 1 aliphatic heterocycles. The molecule has 1 aliphatic rings. The van der Waals surface area contributed by atoms with E-state index in [0.29, 0.717) is 0 Å². The van der Waals surface area contributed by atoms with E-state index >= 15 is 0 Å². The fourth-order valence-electron chi connectivity index (χ4n) is 1.74. The Morgan fingerprint density at radius 1 is 1.40 bits per heavy atom. The highest BCUT2D eigenvalue weighted by Gasteiger charge is 2.12. The van der Waals surface area contributed by atoms with Crippen LogP contribution in [0.3, 0.4) is 0 Å². The molecule has 0 N–H and O–H groups in total. The minimum Gasteiger partial charge on any atom is -0.378 e. The van der Waals surface area contributed by atoms with Crippen LogP contribution in [0.25, 0.3) is 0 Å². The number of nitrogens with zero attached hydrogens (tertiary/aromatic N) is 2. The van der Waals surface area contributed by atoms with Gasteiger partial charge in [0.1, 0.15) is 5.82 Å². The molecule has 1 aromatic rings. The quantitative estimate of drug-likeness (QED) is 0.617. The molecule has 0 radical (unpaired) electrons. The number of anilines is 1. The van der Waals surface area contributed by atoms with Gasteiger partial charge in [0.15, 0.2) is 0 Å². The maximum atomic E-state index is 5.34. The smallest absolute Gasteiger partial charge is 0.129 e. The van der Waals surface area contributed by atoms with Crippen molar-refractivity contribution < 1.29 is 4.74 Å². The van der Waals surface area contributed by atoms with Crippen molar-refractivity contribution in [3.8, 4) is 0 Å². The van der Waals surface area contributed by atoms with Gasteiger partial charge in [0, 0.05) is 17.5 Å². The third-order valence-corrected chi connectivity index (χ3v) is 3.26. The van der Waals surface area contributed by atoms with Gasteiger partial charge in [-0.2, -0.15) is 0 Å². The molecular weight excluding hydrogens is 303 g/mol. The van der Waals surface area contributed by atoms with Crippen molar-refractivity contribution in [1.29, 1.82) is 0 Å². The van der Waals surface area contributed by atoms with Gasteiger partial charge in [0.05, 0.1) is 18.9 Å². The van der Waals surface area contributed by atoms with E-state index in [1.807, 2.05) is 0 Å². The lowest BCUT2D eigenvalue weighted by molar-refractivity contribution is 0.122. The molecule has 0 aliphatic carbocycles. The molecule has 0 unspecified atom stereocenters. The average molecular weight is 318 g/mol. The summed E-state index contributed by atoms with van der Waals surface area (Å²) in [6, 6.07) is 4.30. The Bertz CT molecular complexity index is 337. The molecule has 4 heteroatoms. The third kappa shape index (κ3) is 2.81. The Morgan fingerprint density at radius 3 is 2.80 bits per heavy atom. The number of alkyl halides is 1. The predicted octanol–water partition coefficient (Wildman–Crippen LogP) is 2.16. The summed E-state index contributed by atoms with van der Waals surface area (Å²) in [5.74, 6) is 1.10. The third-order valence-electron chi connectivity index (χ3n) is 2.48. The Balaban J connectivity index is 2.22. The Labute approximate surface area is 104 Å². The number of morpholine rings is 1. The van der Waals surface area contributed by atoms with E-state index in [1.165, 1.54) is 5.56 Å². The van der Waals surface area contributed by atoms with Gasteiger partial charge in [-0.05, 0) is 24.6 Å². The van der Waals surface area contributed by atoms with Crippen LogP contribution in [0.5, 0.6) is 0 Å². The molecule has 0 amide bonds. The molecule has 15 heavy (non-hydrogen) atoms. The number of rotatable bonds is 2. The second-order valence-electron chi connectivity index (χ2n) is 3.73. The summed E-state index contributed by atoms with van der Waals surface area (Å²) < 4.78 is 6.31. The van der Waals surface area contributed by atoms with Crippen LogP contribution in [0.2, 0.25) is 0 Å². The first-order valence-electron chi connectivity index (χ1n) is 5.16. The number of halogens is 1. The second-order valence-corrected chi connectivity index (χ2v) is 4.49. The van der Waals surface area contributed by atoms with Gasteiger partial charge in [0.25, 0.3) is 0 Å². The monoisotopic (exact) mass is 318 g/mol. The molecule has 0 saturated carbocycles. The Hall–Kier alpha value is -0.360. The summed E-state index contributed by atoms with van der Waals surface area (Å²) in [6.45, 7) is 5.67.